The highest BCUT2D eigenvalue weighted by Crippen LogP contribution is 2.29. The molecule has 25 heavy (non-hydrogen) atoms. The Morgan fingerprint density at radius 2 is 1.64 bits per heavy atom. The van der Waals surface area contributed by atoms with Gasteiger partial charge in [-0.05, 0) is 35.9 Å². The summed E-state index contributed by atoms with van der Waals surface area (Å²) in [5.41, 5.74) is 0.443. The Labute approximate surface area is 142 Å². The van der Waals surface area contributed by atoms with Gasteiger partial charge in [0.2, 0.25) is 10.0 Å². The van der Waals surface area contributed by atoms with Crippen molar-refractivity contribution in [2.45, 2.75) is 17.6 Å². The Balaban J connectivity index is 1.82. The van der Waals surface area contributed by atoms with Gasteiger partial charge in [0.15, 0.2) is 0 Å². The molecule has 0 aliphatic carbocycles. The third-order valence-electron chi connectivity index (χ3n) is 3.66. The number of nitrogens with one attached hydrogen (secondary N) is 1. The van der Waals surface area contributed by atoms with Gasteiger partial charge in [-0.1, -0.05) is 24.3 Å². The summed E-state index contributed by atoms with van der Waals surface area (Å²) >= 11 is 0. The summed E-state index contributed by atoms with van der Waals surface area (Å²) < 4.78 is 64.7. The van der Waals surface area contributed by atoms with Crippen LogP contribution in [0.3, 0.4) is 0 Å². The number of hydrogen-bond acceptors (Lipinski definition) is 3. The summed E-state index contributed by atoms with van der Waals surface area (Å²) in [7, 11) is -3.93. The molecule has 2 aromatic carbocycles. The summed E-state index contributed by atoms with van der Waals surface area (Å²) in [5, 5.41) is 0.869. The van der Waals surface area contributed by atoms with Crippen LogP contribution in [0.15, 0.2) is 65.7 Å². The minimum Gasteiger partial charge on any atom is -0.256 e. The minimum atomic E-state index is -4.51. The van der Waals surface area contributed by atoms with Crippen molar-refractivity contribution in [1.29, 1.82) is 0 Å². The fourth-order valence-electron chi connectivity index (χ4n) is 2.39. The molecule has 0 bridgehead atoms. The van der Waals surface area contributed by atoms with Crippen LogP contribution in [-0.2, 0) is 22.7 Å². The lowest BCUT2D eigenvalue weighted by atomic mass is 10.1. The Kier molecular flexibility index (Phi) is 4.49. The predicted molar refractivity (Wildman–Crippen MR) is 87.2 cm³/mol. The van der Waals surface area contributed by atoms with Crippen LogP contribution in [0.2, 0.25) is 0 Å². The first-order chi connectivity index (χ1) is 11.8. The molecular weight excluding hydrogens is 353 g/mol. The third-order valence-corrected chi connectivity index (χ3v) is 5.08. The molecule has 0 fully saturated rings. The summed E-state index contributed by atoms with van der Waals surface area (Å²) in [6, 6.07) is 12.4. The number of sulfonamides is 1. The van der Waals surface area contributed by atoms with Gasteiger partial charge in [0.25, 0.3) is 0 Å². The zero-order valence-corrected chi connectivity index (χ0v) is 13.6. The summed E-state index contributed by atoms with van der Waals surface area (Å²) in [6.07, 6.45) is -2.90. The molecule has 0 amide bonds. The lowest BCUT2D eigenvalue weighted by Gasteiger charge is -2.10. The van der Waals surface area contributed by atoms with Crippen LogP contribution in [0.25, 0.3) is 10.9 Å². The van der Waals surface area contributed by atoms with Crippen molar-refractivity contribution < 1.29 is 21.6 Å². The molecule has 3 rings (SSSR count). The molecule has 0 aliphatic heterocycles. The zero-order valence-electron chi connectivity index (χ0n) is 12.8. The SMILES string of the molecule is O=S(=O)(NCc1cccc2cccnc12)c1ccc(C(F)(F)F)cc1. The Morgan fingerprint density at radius 1 is 0.960 bits per heavy atom. The first kappa shape index (κ1) is 17.4. The minimum absolute atomic E-state index is 0.0162. The molecular formula is C17H13F3N2O2S. The van der Waals surface area contributed by atoms with Crippen LogP contribution >= 0.6 is 0 Å². The molecule has 1 N–H and O–H groups in total. The van der Waals surface area contributed by atoms with E-state index in [9.17, 15) is 21.6 Å². The first-order valence-electron chi connectivity index (χ1n) is 7.27. The van der Waals surface area contributed by atoms with E-state index in [1.165, 1.54) is 0 Å². The molecule has 0 saturated carbocycles. The first-order valence-corrected chi connectivity index (χ1v) is 8.75. The van der Waals surface area contributed by atoms with E-state index in [0.717, 1.165) is 29.7 Å². The number of alkyl halides is 3. The second-order valence-electron chi connectivity index (χ2n) is 5.34. The molecule has 4 nitrogen and oxygen atoms in total. The second-order valence-corrected chi connectivity index (χ2v) is 7.11. The van der Waals surface area contributed by atoms with Crippen LogP contribution in [0.4, 0.5) is 13.2 Å². The maximum absolute atomic E-state index is 12.6. The van der Waals surface area contributed by atoms with Crippen LogP contribution in [0.1, 0.15) is 11.1 Å². The molecule has 1 aromatic heterocycles. The van der Waals surface area contributed by atoms with Gasteiger partial charge in [-0.3, -0.25) is 4.98 Å². The van der Waals surface area contributed by atoms with E-state index in [0.29, 0.717) is 11.1 Å². The number of rotatable bonds is 4. The highest BCUT2D eigenvalue weighted by molar-refractivity contribution is 7.89. The molecule has 1 heterocycles. The molecule has 0 saturated heterocycles. The van der Waals surface area contributed by atoms with Gasteiger partial charge < -0.3 is 0 Å². The number of hydrogen-bond donors (Lipinski definition) is 1. The van der Waals surface area contributed by atoms with E-state index in [2.05, 4.69) is 9.71 Å². The molecule has 8 heteroatoms. The third kappa shape index (κ3) is 3.80. The summed E-state index contributed by atoms with van der Waals surface area (Å²) in [5.74, 6) is 0. The van der Waals surface area contributed by atoms with E-state index in [1.807, 2.05) is 12.1 Å². The average Bonchev–Trinajstić information content (AvgIpc) is 2.59. The van der Waals surface area contributed by atoms with E-state index in [1.54, 1.807) is 24.4 Å². The van der Waals surface area contributed by atoms with E-state index >= 15 is 0 Å². The molecule has 130 valence electrons. The van der Waals surface area contributed by atoms with Crippen molar-refractivity contribution in [3.63, 3.8) is 0 Å². The van der Waals surface area contributed by atoms with Gasteiger partial charge in [-0.15, -0.1) is 0 Å². The fraction of sp³-hybridized carbons (Fsp3) is 0.118. The standard InChI is InChI=1S/C17H13F3N2O2S/c18-17(19,20)14-6-8-15(9-7-14)25(23,24)22-11-13-4-1-3-12-5-2-10-21-16(12)13/h1-10,22H,11H2. The van der Waals surface area contributed by atoms with E-state index in [4.69, 9.17) is 0 Å². The van der Waals surface area contributed by atoms with Gasteiger partial charge in [-0.25, -0.2) is 13.1 Å². The van der Waals surface area contributed by atoms with Gasteiger partial charge in [-0.2, -0.15) is 13.2 Å². The summed E-state index contributed by atoms with van der Waals surface area (Å²) in [6.45, 7) is -0.0162. The Hall–Kier alpha value is -2.45. The maximum Gasteiger partial charge on any atom is 0.416 e. The molecule has 0 atom stereocenters. The van der Waals surface area contributed by atoms with E-state index < -0.39 is 21.8 Å². The number of aromatic nitrogens is 1. The van der Waals surface area contributed by atoms with Crippen LogP contribution in [0, 0.1) is 0 Å². The summed E-state index contributed by atoms with van der Waals surface area (Å²) in [4.78, 5) is 4.01. The monoisotopic (exact) mass is 366 g/mol. The van der Waals surface area contributed by atoms with Crippen molar-refractivity contribution in [2.75, 3.05) is 0 Å². The van der Waals surface area contributed by atoms with Gasteiger partial charge in [0, 0.05) is 18.1 Å². The molecule has 0 aliphatic rings. The number of benzene rings is 2. The van der Waals surface area contributed by atoms with Crippen molar-refractivity contribution in [3.05, 3.63) is 71.9 Å². The van der Waals surface area contributed by atoms with Crippen molar-refractivity contribution in [1.82, 2.24) is 9.71 Å². The second kappa shape index (κ2) is 6.45. The van der Waals surface area contributed by atoms with Crippen molar-refractivity contribution in [3.8, 4) is 0 Å². The smallest absolute Gasteiger partial charge is 0.256 e. The van der Waals surface area contributed by atoms with Crippen LogP contribution in [-0.4, -0.2) is 13.4 Å². The topological polar surface area (TPSA) is 59.1 Å². The predicted octanol–water partition coefficient (Wildman–Crippen LogP) is 3.73. The number of fused-ring (bicyclic) bond motifs is 1. The number of pyridine rings is 1. The normalized spacial score (nSPS) is 12.4. The lowest BCUT2D eigenvalue weighted by Crippen LogP contribution is -2.23. The molecule has 0 unspecified atom stereocenters. The molecule has 0 spiro atoms. The zero-order chi connectivity index (χ0) is 18.1. The van der Waals surface area contributed by atoms with Gasteiger partial charge >= 0.3 is 6.18 Å². The molecule has 3 aromatic rings. The van der Waals surface area contributed by atoms with Gasteiger partial charge in [0.05, 0.1) is 16.0 Å². The maximum atomic E-state index is 12.6. The van der Waals surface area contributed by atoms with Crippen molar-refractivity contribution in [2.24, 2.45) is 0 Å². The van der Waals surface area contributed by atoms with Crippen molar-refractivity contribution >= 4 is 20.9 Å². The average molecular weight is 366 g/mol. The Bertz CT molecular complexity index is 995. The quantitative estimate of drug-likeness (QED) is 0.765. The lowest BCUT2D eigenvalue weighted by molar-refractivity contribution is -0.137. The fourth-order valence-corrected chi connectivity index (χ4v) is 3.40. The highest BCUT2D eigenvalue weighted by atomic mass is 32.2. The largest absolute Gasteiger partial charge is 0.416 e. The molecule has 0 radical (unpaired) electrons. The highest BCUT2D eigenvalue weighted by Gasteiger charge is 2.30. The van der Waals surface area contributed by atoms with Crippen LogP contribution < -0.4 is 4.72 Å². The van der Waals surface area contributed by atoms with Crippen LogP contribution in [0.5, 0.6) is 0 Å². The number of para-hydroxylation sites is 1. The number of nitrogens with zero attached hydrogens (tertiary/aromatic N) is 1. The number of halogens is 3. The van der Waals surface area contributed by atoms with Gasteiger partial charge in [0.1, 0.15) is 0 Å². The van der Waals surface area contributed by atoms with E-state index in [-0.39, 0.29) is 11.4 Å². The Morgan fingerprint density at radius 3 is 2.32 bits per heavy atom.